The average Bonchev–Trinajstić information content (AvgIpc) is 3.35. The number of amides is 1. The maximum Gasteiger partial charge on any atom is 0.237 e. The molecule has 4 aliphatic carbocycles. The third-order valence-corrected chi connectivity index (χ3v) is 13.0. The van der Waals surface area contributed by atoms with E-state index in [0.717, 1.165) is 44.1 Å². The number of hydrogen-bond acceptors (Lipinski definition) is 4. The Morgan fingerprint density at radius 2 is 1.67 bits per heavy atom. The minimum Gasteiger partial charge on any atom is -0.325 e. The molecule has 2 spiro atoms. The smallest absolute Gasteiger partial charge is 0.237 e. The molecule has 2 aliphatic heterocycles. The van der Waals surface area contributed by atoms with Crippen molar-refractivity contribution < 1.29 is 18.8 Å². The summed E-state index contributed by atoms with van der Waals surface area (Å²) in [5.41, 5.74) is -0.704. The SMILES string of the molecule is CC(=O)C12CCC(CC(=O)[C@H]3[C@H](c4cccc(Cl)c4F)[C@]4(C(=O)Nc5cc(Cl)ccc54)C4(CC(C)(C)C4)N3C)(CC1)CC2. The van der Waals surface area contributed by atoms with Crippen LogP contribution in [-0.4, -0.2) is 41.0 Å². The van der Waals surface area contributed by atoms with Crippen molar-refractivity contribution in [1.82, 2.24) is 4.90 Å². The number of carbonyl (C=O) groups excluding carboxylic acids is 3. The van der Waals surface area contributed by atoms with Gasteiger partial charge in [-0.1, -0.05) is 55.2 Å². The van der Waals surface area contributed by atoms with Gasteiger partial charge in [-0.05, 0) is 105 Å². The van der Waals surface area contributed by atoms with Gasteiger partial charge in [0.15, 0.2) is 5.78 Å². The number of Topliss-reactive ketones (excluding diaryl/α,β-unsaturated/α-hetero) is 2. The fourth-order valence-electron chi connectivity index (χ4n) is 10.5. The molecule has 1 saturated heterocycles. The lowest BCUT2D eigenvalue weighted by Crippen LogP contribution is -2.68. The summed E-state index contributed by atoms with van der Waals surface area (Å²) in [6.07, 6.45) is 6.71. The summed E-state index contributed by atoms with van der Waals surface area (Å²) in [5, 5.41) is 3.58. The molecule has 0 radical (unpaired) electrons. The van der Waals surface area contributed by atoms with Crippen LogP contribution in [0.3, 0.4) is 0 Å². The molecule has 228 valence electrons. The number of rotatable bonds is 5. The van der Waals surface area contributed by atoms with Crippen LogP contribution in [0.1, 0.15) is 95.6 Å². The summed E-state index contributed by atoms with van der Waals surface area (Å²) in [5.74, 6) is -1.28. The molecular formula is C35H39Cl2FN2O3. The first kappa shape index (κ1) is 29.4. The minimum absolute atomic E-state index is 0.0233. The molecular weight excluding hydrogens is 586 g/mol. The number of nitrogens with zero attached hydrogens (tertiary/aromatic N) is 1. The van der Waals surface area contributed by atoms with Crippen LogP contribution in [0, 0.1) is 22.1 Å². The second kappa shape index (κ2) is 9.37. The zero-order valence-electron chi connectivity index (χ0n) is 25.3. The normalized spacial score (nSPS) is 35.2. The van der Waals surface area contributed by atoms with E-state index < -0.39 is 28.7 Å². The van der Waals surface area contributed by atoms with E-state index in [0.29, 0.717) is 35.5 Å². The second-order valence-corrected chi connectivity index (χ2v) is 16.0. The Morgan fingerprint density at radius 1 is 1.02 bits per heavy atom. The molecule has 43 heavy (non-hydrogen) atoms. The number of fused-ring (bicyclic) bond motifs is 6. The highest BCUT2D eigenvalue weighted by Gasteiger charge is 2.78. The number of benzene rings is 2. The molecule has 6 aliphatic rings. The molecule has 5 nitrogen and oxygen atoms in total. The predicted octanol–water partition coefficient (Wildman–Crippen LogP) is 7.87. The molecule has 8 heteroatoms. The van der Waals surface area contributed by atoms with Crippen LogP contribution in [0.4, 0.5) is 10.1 Å². The lowest BCUT2D eigenvalue weighted by Gasteiger charge is -2.61. The third kappa shape index (κ3) is 3.81. The maximum absolute atomic E-state index is 16.2. The van der Waals surface area contributed by atoms with Gasteiger partial charge in [0.25, 0.3) is 0 Å². The average molecular weight is 626 g/mol. The number of halogens is 3. The lowest BCUT2D eigenvalue weighted by atomic mass is 9.46. The minimum atomic E-state index is -1.22. The lowest BCUT2D eigenvalue weighted by molar-refractivity contribution is -0.142. The van der Waals surface area contributed by atoms with Crippen molar-refractivity contribution in [3.63, 3.8) is 0 Å². The Kier molecular flexibility index (Phi) is 6.41. The van der Waals surface area contributed by atoms with Crippen LogP contribution in [0.15, 0.2) is 36.4 Å². The van der Waals surface area contributed by atoms with Gasteiger partial charge in [-0.25, -0.2) is 4.39 Å². The summed E-state index contributed by atoms with van der Waals surface area (Å²) in [6.45, 7) is 6.07. The van der Waals surface area contributed by atoms with Crippen molar-refractivity contribution in [2.75, 3.05) is 12.4 Å². The van der Waals surface area contributed by atoms with Crippen molar-refractivity contribution in [2.24, 2.45) is 16.2 Å². The molecule has 3 atom stereocenters. The van der Waals surface area contributed by atoms with Gasteiger partial charge in [0.1, 0.15) is 17.0 Å². The van der Waals surface area contributed by atoms with Crippen LogP contribution in [-0.2, 0) is 19.8 Å². The number of ketones is 2. The van der Waals surface area contributed by atoms with Crippen molar-refractivity contribution >= 4 is 46.4 Å². The number of nitrogens with one attached hydrogen (secondary N) is 1. The highest BCUT2D eigenvalue weighted by molar-refractivity contribution is 6.31. The number of likely N-dealkylation sites (N-methyl/N-ethyl adjacent to an activating group) is 1. The molecule has 5 fully saturated rings. The Balaban J connectivity index is 1.39. The Bertz CT molecular complexity index is 1550. The van der Waals surface area contributed by atoms with Crippen LogP contribution < -0.4 is 5.32 Å². The number of hydrogen-bond donors (Lipinski definition) is 1. The van der Waals surface area contributed by atoms with E-state index >= 15 is 4.39 Å². The molecule has 0 unspecified atom stereocenters. The first-order valence-corrected chi connectivity index (χ1v) is 16.3. The first-order chi connectivity index (χ1) is 20.2. The van der Waals surface area contributed by atoms with Gasteiger partial charge in [-0.3, -0.25) is 19.3 Å². The molecule has 8 rings (SSSR count). The van der Waals surface area contributed by atoms with E-state index in [9.17, 15) is 14.4 Å². The first-order valence-electron chi connectivity index (χ1n) is 15.5. The van der Waals surface area contributed by atoms with Gasteiger partial charge in [0.05, 0.1) is 11.1 Å². The highest BCUT2D eigenvalue weighted by atomic mass is 35.5. The molecule has 2 aromatic rings. The van der Waals surface area contributed by atoms with Crippen molar-refractivity contribution in [3.8, 4) is 0 Å². The van der Waals surface area contributed by atoms with Gasteiger partial charge < -0.3 is 5.32 Å². The standard InChI is InChI=1S/C35H39Cl2FN2O3/c1-20(41)33-13-10-32(11-14-33,12-15-33)17-26(42)29-27(22-6-5-7-24(37)28(22)38)35(34(40(29)4)18-31(2,3)19-34)23-9-8-21(36)16-25(23)39-30(35)43/h5-9,16,27,29H,10-15,17-19H2,1-4H3,(H,39,43)/t27-,29-,32?,33?,35+/m0/s1. The van der Waals surface area contributed by atoms with Gasteiger partial charge in [-0.15, -0.1) is 0 Å². The quantitative estimate of drug-likeness (QED) is 0.367. The van der Waals surface area contributed by atoms with Gasteiger partial charge >= 0.3 is 0 Å². The van der Waals surface area contributed by atoms with Crippen LogP contribution in [0.5, 0.6) is 0 Å². The maximum atomic E-state index is 16.2. The third-order valence-electron chi connectivity index (χ3n) is 12.5. The van der Waals surface area contributed by atoms with Crippen LogP contribution in [0.25, 0.3) is 0 Å². The van der Waals surface area contributed by atoms with E-state index in [1.807, 2.05) is 13.1 Å². The summed E-state index contributed by atoms with van der Waals surface area (Å²) >= 11 is 12.8. The van der Waals surface area contributed by atoms with Crippen LogP contribution >= 0.6 is 23.2 Å². The topological polar surface area (TPSA) is 66.5 Å². The van der Waals surface area contributed by atoms with E-state index in [2.05, 4.69) is 24.1 Å². The van der Waals surface area contributed by atoms with E-state index in [1.165, 1.54) is 6.07 Å². The molecule has 4 saturated carbocycles. The van der Waals surface area contributed by atoms with E-state index in [1.54, 1.807) is 31.2 Å². The predicted molar refractivity (Wildman–Crippen MR) is 166 cm³/mol. The molecule has 1 amide bonds. The van der Waals surface area contributed by atoms with Crippen molar-refractivity contribution in [2.45, 2.75) is 101 Å². The fraction of sp³-hybridized carbons (Fsp3) is 0.571. The Labute approximate surface area is 262 Å². The second-order valence-electron chi connectivity index (χ2n) is 15.2. The van der Waals surface area contributed by atoms with Crippen molar-refractivity contribution in [3.05, 3.63) is 63.4 Å². The molecule has 0 aromatic heterocycles. The molecule has 2 aromatic carbocycles. The van der Waals surface area contributed by atoms with Crippen molar-refractivity contribution in [1.29, 1.82) is 0 Å². The number of carbonyl (C=O) groups is 3. The van der Waals surface area contributed by atoms with Crippen LogP contribution in [0.2, 0.25) is 10.0 Å². The van der Waals surface area contributed by atoms with Gasteiger partial charge in [0.2, 0.25) is 5.91 Å². The monoisotopic (exact) mass is 624 g/mol. The zero-order valence-corrected chi connectivity index (χ0v) is 26.8. The highest BCUT2D eigenvalue weighted by Crippen LogP contribution is 2.72. The molecule has 2 bridgehead atoms. The summed E-state index contributed by atoms with van der Waals surface area (Å²) in [7, 11) is 1.96. The number of likely N-dealkylation sites (tertiary alicyclic amines) is 1. The molecule has 1 N–H and O–H groups in total. The largest absolute Gasteiger partial charge is 0.325 e. The Morgan fingerprint density at radius 3 is 2.28 bits per heavy atom. The van der Waals surface area contributed by atoms with E-state index in [4.69, 9.17) is 23.2 Å². The Hall–Kier alpha value is -2.28. The number of anilines is 1. The van der Waals surface area contributed by atoms with Gasteiger partial charge in [-0.2, -0.15) is 0 Å². The summed E-state index contributed by atoms with van der Waals surface area (Å²) < 4.78 is 16.2. The van der Waals surface area contributed by atoms with E-state index in [-0.39, 0.29) is 38.7 Å². The molecule has 2 heterocycles. The zero-order chi connectivity index (χ0) is 30.7. The summed E-state index contributed by atoms with van der Waals surface area (Å²) in [6, 6.07) is 9.62. The fourth-order valence-corrected chi connectivity index (χ4v) is 10.9. The summed E-state index contributed by atoms with van der Waals surface area (Å²) in [4.78, 5) is 44.1. The van der Waals surface area contributed by atoms with Gasteiger partial charge in [0, 0.05) is 34.0 Å².